The van der Waals surface area contributed by atoms with Crippen LogP contribution in [-0.4, -0.2) is 78.5 Å². The Kier molecular flexibility index (Phi) is 5.82. The first-order chi connectivity index (χ1) is 16.3. The number of anilines is 1. The van der Waals surface area contributed by atoms with Crippen molar-refractivity contribution in [1.82, 2.24) is 15.2 Å². The number of piperazine rings is 1. The van der Waals surface area contributed by atoms with Crippen molar-refractivity contribution in [2.45, 2.75) is 38.0 Å². The number of carbonyl (C=O) groups is 1. The van der Waals surface area contributed by atoms with Crippen LogP contribution in [0.15, 0.2) is 18.2 Å². The number of rotatable bonds is 3. The Balaban J connectivity index is 1.77. The van der Waals surface area contributed by atoms with E-state index in [1.165, 1.54) is 18.2 Å². The number of nitrogens with one attached hydrogen (secondary N) is 1. The Morgan fingerprint density at radius 3 is 2.82 bits per heavy atom. The number of amides is 1. The molecule has 4 heterocycles. The number of pyridine rings is 1. The standard InChI is InChI=1S/C24H28ClFN4O4/c1-24(2)16(33-3)7-9-30(24)22-18-21(34-12-13-11-27-8-10-29(13)23(18)32)19(25)20(28-22)17-14(26)5-4-6-15(17)31/h4-6,13,16,27,31H,7-12H2,1-3H3/t13-,16?/m1/s1. The van der Waals surface area contributed by atoms with Gasteiger partial charge in [0.1, 0.15) is 40.3 Å². The Morgan fingerprint density at radius 2 is 2.12 bits per heavy atom. The van der Waals surface area contributed by atoms with Crippen LogP contribution < -0.4 is 15.0 Å². The van der Waals surface area contributed by atoms with Crippen LogP contribution in [0.5, 0.6) is 11.5 Å². The second-order valence-corrected chi connectivity index (χ2v) is 9.80. The molecule has 8 nitrogen and oxygen atoms in total. The van der Waals surface area contributed by atoms with Crippen LogP contribution in [-0.2, 0) is 4.74 Å². The molecule has 5 rings (SSSR count). The molecule has 1 unspecified atom stereocenters. The third-order valence-electron chi connectivity index (χ3n) is 7.19. The summed E-state index contributed by atoms with van der Waals surface area (Å²) < 4.78 is 26.8. The summed E-state index contributed by atoms with van der Waals surface area (Å²) in [5.41, 5.74) is -0.336. The zero-order valence-electron chi connectivity index (χ0n) is 19.4. The van der Waals surface area contributed by atoms with Crippen molar-refractivity contribution in [3.63, 3.8) is 0 Å². The van der Waals surface area contributed by atoms with Gasteiger partial charge in [0.05, 0.1) is 23.2 Å². The van der Waals surface area contributed by atoms with E-state index in [2.05, 4.69) is 5.32 Å². The van der Waals surface area contributed by atoms with E-state index in [0.29, 0.717) is 32.0 Å². The van der Waals surface area contributed by atoms with Gasteiger partial charge in [-0.05, 0) is 32.4 Å². The van der Waals surface area contributed by atoms with E-state index in [1.54, 1.807) is 12.0 Å². The van der Waals surface area contributed by atoms with Crippen molar-refractivity contribution in [3.05, 3.63) is 34.6 Å². The smallest absolute Gasteiger partial charge is 0.261 e. The molecule has 2 fully saturated rings. The van der Waals surface area contributed by atoms with Gasteiger partial charge in [-0.3, -0.25) is 4.79 Å². The minimum atomic E-state index is -0.669. The number of phenols is 1. The fourth-order valence-corrected chi connectivity index (χ4v) is 5.60. The van der Waals surface area contributed by atoms with Crippen LogP contribution >= 0.6 is 11.6 Å². The lowest BCUT2D eigenvalue weighted by Gasteiger charge is -2.38. The third kappa shape index (κ3) is 3.49. The van der Waals surface area contributed by atoms with Gasteiger partial charge in [0.25, 0.3) is 5.91 Å². The Hall–Kier alpha value is -2.62. The molecular formula is C24H28ClFN4O4. The van der Waals surface area contributed by atoms with Crippen molar-refractivity contribution in [3.8, 4) is 22.8 Å². The molecule has 3 aliphatic heterocycles. The summed E-state index contributed by atoms with van der Waals surface area (Å²) in [6, 6.07) is 3.85. The average Bonchev–Trinajstić information content (AvgIpc) is 3.02. The van der Waals surface area contributed by atoms with E-state index in [9.17, 15) is 14.3 Å². The highest BCUT2D eigenvalue weighted by atomic mass is 35.5. The lowest BCUT2D eigenvalue weighted by Crippen LogP contribution is -2.55. The number of phenolic OH excluding ortho intramolecular Hbond substituents is 1. The maximum absolute atomic E-state index is 14.9. The second-order valence-electron chi connectivity index (χ2n) is 9.42. The summed E-state index contributed by atoms with van der Waals surface area (Å²) in [5, 5.41) is 13.8. The molecule has 2 aromatic rings. The van der Waals surface area contributed by atoms with Gasteiger partial charge >= 0.3 is 0 Å². The zero-order valence-corrected chi connectivity index (χ0v) is 20.2. The van der Waals surface area contributed by atoms with Gasteiger partial charge in [-0.25, -0.2) is 9.37 Å². The number of methoxy groups -OCH3 is 1. The number of hydrogen-bond donors (Lipinski definition) is 2. The average molecular weight is 491 g/mol. The fourth-order valence-electron chi connectivity index (χ4n) is 5.31. The summed E-state index contributed by atoms with van der Waals surface area (Å²) >= 11 is 6.75. The molecule has 0 aliphatic carbocycles. The van der Waals surface area contributed by atoms with E-state index in [0.717, 1.165) is 6.42 Å². The van der Waals surface area contributed by atoms with E-state index >= 15 is 0 Å². The number of hydrogen-bond acceptors (Lipinski definition) is 7. The first kappa shape index (κ1) is 23.1. The van der Waals surface area contributed by atoms with E-state index < -0.39 is 11.4 Å². The maximum atomic E-state index is 14.9. The van der Waals surface area contributed by atoms with Gasteiger partial charge in [-0.15, -0.1) is 0 Å². The molecule has 3 aliphatic rings. The Labute approximate surface area is 202 Å². The lowest BCUT2D eigenvalue weighted by atomic mass is 9.97. The number of carbonyl (C=O) groups excluding carboxylic acids is 1. The summed E-state index contributed by atoms with van der Waals surface area (Å²) in [4.78, 5) is 22.4. The summed E-state index contributed by atoms with van der Waals surface area (Å²) in [5.74, 6) is -0.662. The number of benzene rings is 1. The number of ether oxygens (including phenoxy) is 2. The Morgan fingerprint density at radius 1 is 1.32 bits per heavy atom. The van der Waals surface area contributed by atoms with Crippen molar-refractivity contribution in [1.29, 1.82) is 0 Å². The van der Waals surface area contributed by atoms with Crippen LogP contribution in [0.1, 0.15) is 30.6 Å². The van der Waals surface area contributed by atoms with Gasteiger partial charge < -0.3 is 29.7 Å². The third-order valence-corrected chi connectivity index (χ3v) is 7.54. The van der Waals surface area contributed by atoms with Crippen LogP contribution in [0.2, 0.25) is 5.02 Å². The van der Waals surface area contributed by atoms with E-state index in [4.69, 9.17) is 26.1 Å². The summed E-state index contributed by atoms with van der Waals surface area (Å²) in [6.07, 6.45) is 0.633. The monoisotopic (exact) mass is 490 g/mol. The minimum Gasteiger partial charge on any atom is -0.507 e. The highest BCUT2D eigenvalue weighted by Gasteiger charge is 2.46. The molecule has 182 valence electrons. The molecule has 0 spiro atoms. The summed E-state index contributed by atoms with van der Waals surface area (Å²) in [7, 11) is 1.66. The van der Waals surface area contributed by atoms with Gasteiger partial charge in [0.15, 0.2) is 5.75 Å². The SMILES string of the molecule is COC1CCN(c2nc(-c3c(O)cccc3F)c(Cl)c3c2C(=O)N2CCNC[C@@H]2CO3)C1(C)C. The highest BCUT2D eigenvalue weighted by Crippen LogP contribution is 2.48. The maximum Gasteiger partial charge on any atom is 0.261 e. The second kappa shape index (κ2) is 8.55. The van der Waals surface area contributed by atoms with Gasteiger partial charge in [0.2, 0.25) is 0 Å². The molecule has 1 aromatic heterocycles. The fraction of sp³-hybridized carbons (Fsp3) is 0.500. The van der Waals surface area contributed by atoms with E-state index in [-0.39, 0.29) is 58.0 Å². The zero-order chi connectivity index (χ0) is 24.2. The molecule has 1 aromatic carbocycles. The molecule has 0 saturated carbocycles. The van der Waals surface area contributed by atoms with Crippen molar-refractivity contribution < 1.29 is 23.8 Å². The molecule has 34 heavy (non-hydrogen) atoms. The van der Waals surface area contributed by atoms with Crippen LogP contribution in [0.3, 0.4) is 0 Å². The van der Waals surface area contributed by atoms with Crippen LogP contribution in [0.4, 0.5) is 10.2 Å². The quantitative estimate of drug-likeness (QED) is 0.683. The number of aromatic nitrogens is 1. The van der Waals surface area contributed by atoms with Crippen molar-refractivity contribution in [2.75, 3.05) is 44.8 Å². The molecule has 10 heteroatoms. The highest BCUT2D eigenvalue weighted by molar-refractivity contribution is 6.35. The predicted molar refractivity (Wildman–Crippen MR) is 126 cm³/mol. The largest absolute Gasteiger partial charge is 0.507 e. The van der Waals surface area contributed by atoms with E-state index in [1.807, 2.05) is 18.7 Å². The van der Waals surface area contributed by atoms with Crippen LogP contribution in [0.25, 0.3) is 11.3 Å². The van der Waals surface area contributed by atoms with Gasteiger partial charge in [0, 0.05) is 33.3 Å². The molecule has 0 bridgehead atoms. The van der Waals surface area contributed by atoms with Gasteiger partial charge in [-0.2, -0.15) is 0 Å². The number of halogens is 2. The molecule has 1 amide bonds. The number of fused-ring (bicyclic) bond motifs is 2. The first-order valence-electron chi connectivity index (χ1n) is 11.4. The normalized spacial score (nSPS) is 23.9. The number of nitrogens with zero attached hydrogens (tertiary/aromatic N) is 3. The topological polar surface area (TPSA) is 87.2 Å². The first-order valence-corrected chi connectivity index (χ1v) is 11.8. The number of aromatic hydroxyl groups is 1. The minimum absolute atomic E-state index is 0.000556. The molecule has 2 atom stereocenters. The Bertz CT molecular complexity index is 1120. The van der Waals surface area contributed by atoms with Crippen molar-refractivity contribution >= 4 is 23.3 Å². The molecular weight excluding hydrogens is 463 g/mol. The summed E-state index contributed by atoms with van der Waals surface area (Å²) in [6.45, 7) is 6.66. The van der Waals surface area contributed by atoms with Crippen molar-refractivity contribution in [2.24, 2.45) is 0 Å². The molecule has 0 radical (unpaired) electrons. The van der Waals surface area contributed by atoms with Crippen LogP contribution in [0, 0.1) is 5.82 Å². The molecule has 2 saturated heterocycles. The lowest BCUT2D eigenvalue weighted by molar-refractivity contribution is 0.0604. The van der Waals surface area contributed by atoms with Gasteiger partial charge in [-0.1, -0.05) is 17.7 Å². The predicted octanol–water partition coefficient (Wildman–Crippen LogP) is 3.06. The molecule has 2 N–H and O–H groups in total.